The Balaban J connectivity index is 2.82. The molecule has 0 unspecified atom stereocenters. The van der Waals surface area contributed by atoms with Crippen molar-refractivity contribution < 1.29 is 9.72 Å². The summed E-state index contributed by atoms with van der Waals surface area (Å²) in [4.78, 5) is 21.8. The Labute approximate surface area is 97.5 Å². The number of para-hydroxylation sites is 1. The van der Waals surface area contributed by atoms with Crippen LogP contribution in [-0.2, 0) is 0 Å². The third-order valence-electron chi connectivity index (χ3n) is 1.87. The molecule has 0 radical (unpaired) electrons. The van der Waals surface area contributed by atoms with Crippen LogP contribution in [0.2, 0.25) is 0 Å². The van der Waals surface area contributed by atoms with Crippen molar-refractivity contribution in [3.8, 4) is 0 Å². The summed E-state index contributed by atoms with van der Waals surface area (Å²) in [6.45, 7) is 3.54. The van der Waals surface area contributed by atoms with Gasteiger partial charge in [-0.2, -0.15) is 0 Å². The number of nitro groups is 1. The molecule has 1 aromatic carbocycles. The first-order valence-electron chi connectivity index (χ1n) is 4.62. The molecule has 0 spiro atoms. The van der Waals surface area contributed by atoms with Gasteiger partial charge in [-0.3, -0.25) is 14.9 Å². The van der Waals surface area contributed by atoms with Gasteiger partial charge in [0, 0.05) is 11.8 Å². The summed E-state index contributed by atoms with van der Waals surface area (Å²) in [6.07, 6.45) is 1.69. The van der Waals surface area contributed by atoms with Crippen LogP contribution in [0.5, 0.6) is 0 Å². The Bertz CT molecular complexity index is 417. The van der Waals surface area contributed by atoms with Crippen LogP contribution >= 0.6 is 11.8 Å². The van der Waals surface area contributed by atoms with E-state index in [1.807, 2.05) is 0 Å². The number of Topliss-reactive ketones (excluding diaryl/α,β-unsaturated/α-hetero) is 1. The lowest BCUT2D eigenvalue weighted by molar-refractivity contribution is -0.385. The van der Waals surface area contributed by atoms with Gasteiger partial charge in [-0.15, -0.1) is 18.3 Å². The highest BCUT2D eigenvalue weighted by Gasteiger charge is 2.18. The van der Waals surface area contributed by atoms with E-state index in [0.717, 1.165) is 0 Å². The summed E-state index contributed by atoms with van der Waals surface area (Å²) in [5, 5.41) is 10.7. The molecule has 0 amide bonds. The van der Waals surface area contributed by atoms with E-state index in [9.17, 15) is 14.9 Å². The minimum absolute atomic E-state index is 0.133. The number of ketones is 1. The van der Waals surface area contributed by atoms with E-state index >= 15 is 0 Å². The Kier molecular flexibility index (Phi) is 4.72. The summed E-state index contributed by atoms with van der Waals surface area (Å²) in [5.74, 6) is 0.669. The highest BCUT2D eigenvalue weighted by atomic mass is 32.2. The first kappa shape index (κ1) is 12.4. The quantitative estimate of drug-likeness (QED) is 0.251. The van der Waals surface area contributed by atoms with E-state index in [2.05, 4.69) is 6.58 Å². The van der Waals surface area contributed by atoms with E-state index in [4.69, 9.17) is 0 Å². The maximum Gasteiger partial charge on any atom is 0.280 e. The fraction of sp³-hybridized carbons (Fsp3) is 0.182. The van der Waals surface area contributed by atoms with Crippen molar-refractivity contribution in [3.05, 3.63) is 52.6 Å². The average molecular weight is 237 g/mol. The van der Waals surface area contributed by atoms with Crippen LogP contribution in [0.1, 0.15) is 10.4 Å². The molecule has 1 aromatic rings. The number of nitro benzene ring substituents is 1. The fourth-order valence-corrected chi connectivity index (χ4v) is 1.81. The van der Waals surface area contributed by atoms with Crippen molar-refractivity contribution in [1.82, 2.24) is 0 Å². The molecule has 0 N–H and O–H groups in total. The van der Waals surface area contributed by atoms with Crippen molar-refractivity contribution in [1.29, 1.82) is 0 Å². The molecule has 0 aliphatic rings. The van der Waals surface area contributed by atoms with E-state index in [1.54, 1.807) is 18.2 Å². The zero-order valence-corrected chi connectivity index (χ0v) is 9.40. The molecule has 0 fully saturated rings. The molecule has 0 aromatic heterocycles. The Morgan fingerprint density at radius 3 is 2.81 bits per heavy atom. The maximum absolute atomic E-state index is 11.7. The van der Waals surface area contributed by atoms with E-state index < -0.39 is 4.92 Å². The fourth-order valence-electron chi connectivity index (χ4n) is 1.18. The topological polar surface area (TPSA) is 60.2 Å². The second-order valence-corrected chi connectivity index (χ2v) is 4.03. The molecule has 84 valence electrons. The van der Waals surface area contributed by atoms with Gasteiger partial charge in [0.2, 0.25) is 0 Å². The monoisotopic (exact) mass is 237 g/mol. The summed E-state index contributed by atoms with van der Waals surface area (Å²) in [6, 6.07) is 5.99. The Morgan fingerprint density at radius 1 is 1.50 bits per heavy atom. The van der Waals surface area contributed by atoms with Gasteiger partial charge in [0.25, 0.3) is 5.69 Å². The van der Waals surface area contributed by atoms with E-state index in [-0.39, 0.29) is 22.8 Å². The normalized spacial score (nSPS) is 9.75. The van der Waals surface area contributed by atoms with Crippen LogP contribution in [0.3, 0.4) is 0 Å². The molecule has 0 saturated heterocycles. The molecule has 0 saturated carbocycles. The van der Waals surface area contributed by atoms with Gasteiger partial charge in [-0.1, -0.05) is 18.2 Å². The second kappa shape index (κ2) is 6.07. The maximum atomic E-state index is 11.7. The van der Waals surface area contributed by atoms with Gasteiger partial charge >= 0.3 is 0 Å². The van der Waals surface area contributed by atoms with Gasteiger partial charge in [-0.25, -0.2) is 0 Å². The molecule has 0 aliphatic heterocycles. The molecule has 16 heavy (non-hydrogen) atoms. The molecule has 1 rings (SSSR count). The number of hydrogen-bond acceptors (Lipinski definition) is 4. The van der Waals surface area contributed by atoms with Crippen molar-refractivity contribution in [2.24, 2.45) is 0 Å². The number of benzene rings is 1. The molecular formula is C11H11NO3S. The lowest BCUT2D eigenvalue weighted by Gasteiger charge is -2.00. The van der Waals surface area contributed by atoms with Crippen LogP contribution in [-0.4, -0.2) is 22.2 Å². The smallest absolute Gasteiger partial charge is 0.280 e. The third-order valence-corrected chi connectivity index (χ3v) is 2.81. The van der Waals surface area contributed by atoms with Crippen molar-refractivity contribution >= 4 is 23.2 Å². The largest absolute Gasteiger partial charge is 0.293 e. The minimum atomic E-state index is -0.536. The lowest BCUT2D eigenvalue weighted by Crippen LogP contribution is -2.06. The van der Waals surface area contributed by atoms with Crippen LogP contribution < -0.4 is 0 Å². The predicted octanol–water partition coefficient (Wildman–Crippen LogP) is 2.70. The average Bonchev–Trinajstić information content (AvgIpc) is 2.29. The zero-order chi connectivity index (χ0) is 12.0. The summed E-state index contributed by atoms with van der Waals surface area (Å²) >= 11 is 1.39. The van der Waals surface area contributed by atoms with E-state index in [1.165, 1.54) is 23.9 Å². The zero-order valence-electron chi connectivity index (χ0n) is 8.59. The van der Waals surface area contributed by atoms with Crippen molar-refractivity contribution in [3.63, 3.8) is 0 Å². The van der Waals surface area contributed by atoms with Gasteiger partial charge in [0.05, 0.1) is 16.2 Å². The number of hydrogen-bond donors (Lipinski definition) is 0. The molecule has 0 bridgehead atoms. The highest BCUT2D eigenvalue weighted by Crippen LogP contribution is 2.19. The Morgan fingerprint density at radius 2 is 2.19 bits per heavy atom. The molecular weight excluding hydrogens is 226 g/mol. The standard InChI is InChI=1S/C11H11NO3S/c1-2-7-16-8-11(13)9-5-3-4-6-10(9)12(14)15/h2-6H,1,7-8H2. The molecule has 0 atom stereocenters. The number of rotatable bonds is 6. The predicted molar refractivity (Wildman–Crippen MR) is 64.9 cm³/mol. The summed E-state index contributed by atoms with van der Waals surface area (Å²) in [5.41, 5.74) is 0.0377. The van der Waals surface area contributed by atoms with Gasteiger partial charge in [-0.05, 0) is 6.07 Å². The number of carbonyl (C=O) groups is 1. The van der Waals surface area contributed by atoms with Gasteiger partial charge < -0.3 is 0 Å². The van der Waals surface area contributed by atoms with Crippen LogP contribution in [0.15, 0.2) is 36.9 Å². The van der Waals surface area contributed by atoms with E-state index in [0.29, 0.717) is 5.75 Å². The third kappa shape index (κ3) is 3.20. The van der Waals surface area contributed by atoms with Crippen LogP contribution in [0, 0.1) is 10.1 Å². The SMILES string of the molecule is C=CCSCC(=O)c1ccccc1[N+](=O)[O-]. The summed E-state index contributed by atoms with van der Waals surface area (Å²) < 4.78 is 0. The number of carbonyl (C=O) groups excluding carboxylic acids is 1. The highest BCUT2D eigenvalue weighted by molar-refractivity contribution is 8.00. The Hall–Kier alpha value is -1.62. The molecule has 5 heteroatoms. The first-order valence-corrected chi connectivity index (χ1v) is 5.77. The lowest BCUT2D eigenvalue weighted by atomic mass is 10.1. The summed E-state index contributed by atoms with van der Waals surface area (Å²) in [7, 11) is 0. The molecule has 0 heterocycles. The molecule has 0 aliphatic carbocycles. The van der Waals surface area contributed by atoms with Crippen LogP contribution in [0.4, 0.5) is 5.69 Å². The molecule has 4 nitrogen and oxygen atoms in total. The minimum Gasteiger partial charge on any atom is -0.293 e. The van der Waals surface area contributed by atoms with Crippen LogP contribution in [0.25, 0.3) is 0 Å². The van der Waals surface area contributed by atoms with Crippen molar-refractivity contribution in [2.45, 2.75) is 0 Å². The second-order valence-electron chi connectivity index (χ2n) is 3.00. The van der Waals surface area contributed by atoms with Gasteiger partial charge in [0.15, 0.2) is 5.78 Å². The van der Waals surface area contributed by atoms with Crippen molar-refractivity contribution in [2.75, 3.05) is 11.5 Å². The first-order chi connectivity index (χ1) is 7.66. The number of nitrogens with zero attached hydrogens (tertiary/aromatic N) is 1. The van der Waals surface area contributed by atoms with Gasteiger partial charge in [0.1, 0.15) is 0 Å². The number of thioether (sulfide) groups is 1.